The number of aromatic nitrogens is 1. The second-order valence-electron chi connectivity index (χ2n) is 9.89. The minimum Gasteiger partial charge on any atom is -0.463 e. The molecule has 0 bridgehead atoms. The Hall–Kier alpha value is -5.06. The summed E-state index contributed by atoms with van der Waals surface area (Å²) in [4.78, 5) is 43.8. The number of fused-ring (bicyclic) bond motifs is 1. The second kappa shape index (κ2) is 11.9. The molecule has 44 heavy (non-hydrogen) atoms. The molecule has 0 saturated heterocycles. The Balaban J connectivity index is 1.54. The highest BCUT2D eigenvalue weighted by molar-refractivity contribution is 7.07. The van der Waals surface area contributed by atoms with Crippen molar-refractivity contribution < 1.29 is 18.9 Å². The van der Waals surface area contributed by atoms with Crippen LogP contribution in [-0.4, -0.2) is 22.1 Å². The SMILES string of the molecule is CCOC(=O)C1=C(c2ccccc2)N=c2s/c(=C/c3ccc(-c4cccc([N+](=O)[O-])c4C)o3)c(=O)n2C1c1ccc(Cl)cc1. The molecular weight excluding hydrogens is 602 g/mol. The van der Waals surface area contributed by atoms with Gasteiger partial charge in [-0.05, 0) is 43.7 Å². The first-order valence-corrected chi connectivity index (χ1v) is 14.8. The predicted octanol–water partition coefficient (Wildman–Crippen LogP) is 6.07. The van der Waals surface area contributed by atoms with Crippen molar-refractivity contribution in [2.24, 2.45) is 4.99 Å². The first kappa shape index (κ1) is 29.0. The van der Waals surface area contributed by atoms with E-state index in [0.717, 1.165) is 0 Å². The lowest BCUT2D eigenvalue weighted by atomic mass is 9.93. The van der Waals surface area contributed by atoms with Gasteiger partial charge in [-0.1, -0.05) is 77.5 Å². The molecule has 0 amide bonds. The molecule has 0 fully saturated rings. The van der Waals surface area contributed by atoms with Crippen LogP contribution in [0.3, 0.4) is 0 Å². The number of carbonyl (C=O) groups is 1. The molecule has 0 aliphatic carbocycles. The molecule has 2 aromatic heterocycles. The third-order valence-corrected chi connectivity index (χ3v) is 8.46. The summed E-state index contributed by atoms with van der Waals surface area (Å²) in [6.45, 7) is 3.53. The maximum absolute atomic E-state index is 14.1. The molecule has 9 nitrogen and oxygen atoms in total. The van der Waals surface area contributed by atoms with Crippen LogP contribution in [0.5, 0.6) is 0 Å². The van der Waals surface area contributed by atoms with Gasteiger partial charge in [0.25, 0.3) is 11.2 Å². The normalized spacial score (nSPS) is 14.7. The minimum absolute atomic E-state index is 0.0115. The molecule has 1 unspecified atom stereocenters. The van der Waals surface area contributed by atoms with Gasteiger partial charge in [0.05, 0.1) is 33.4 Å². The number of thiazole rings is 1. The second-order valence-corrected chi connectivity index (χ2v) is 11.3. The summed E-state index contributed by atoms with van der Waals surface area (Å²) in [6.07, 6.45) is 1.61. The molecule has 6 rings (SSSR count). The zero-order chi connectivity index (χ0) is 31.0. The maximum atomic E-state index is 14.1. The van der Waals surface area contributed by atoms with Crippen LogP contribution >= 0.6 is 22.9 Å². The average Bonchev–Trinajstić information content (AvgIpc) is 3.61. The van der Waals surface area contributed by atoms with Crippen LogP contribution < -0.4 is 14.9 Å². The van der Waals surface area contributed by atoms with E-state index >= 15 is 0 Å². The molecule has 3 aromatic carbocycles. The van der Waals surface area contributed by atoms with E-state index in [1.54, 1.807) is 68.5 Å². The van der Waals surface area contributed by atoms with Gasteiger partial charge in [0.15, 0.2) is 4.80 Å². The van der Waals surface area contributed by atoms with Gasteiger partial charge < -0.3 is 9.15 Å². The zero-order valence-corrected chi connectivity index (χ0v) is 25.1. The summed E-state index contributed by atoms with van der Waals surface area (Å²) in [6, 6.07) is 23.6. The van der Waals surface area contributed by atoms with E-state index in [1.807, 2.05) is 30.3 Å². The fraction of sp³-hybridized carbons (Fsp3) is 0.121. The predicted molar refractivity (Wildman–Crippen MR) is 168 cm³/mol. The highest BCUT2D eigenvalue weighted by Gasteiger charge is 2.35. The number of esters is 1. The number of ether oxygens (including phenoxy) is 1. The first-order chi connectivity index (χ1) is 21.3. The van der Waals surface area contributed by atoms with Gasteiger partial charge in [-0.2, -0.15) is 0 Å². The number of nitro groups is 1. The highest BCUT2D eigenvalue weighted by Crippen LogP contribution is 2.36. The van der Waals surface area contributed by atoms with Crippen LogP contribution in [0.4, 0.5) is 5.69 Å². The van der Waals surface area contributed by atoms with Gasteiger partial charge in [-0.15, -0.1) is 0 Å². The third-order valence-electron chi connectivity index (χ3n) is 7.23. The molecule has 220 valence electrons. The molecular formula is C33H24ClN3O6S. The van der Waals surface area contributed by atoms with Crippen molar-refractivity contribution in [1.29, 1.82) is 0 Å². The molecule has 1 atom stereocenters. The molecule has 1 aliphatic rings. The van der Waals surface area contributed by atoms with Gasteiger partial charge in [-0.25, -0.2) is 9.79 Å². The van der Waals surface area contributed by atoms with E-state index in [4.69, 9.17) is 25.7 Å². The molecule has 3 heterocycles. The highest BCUT2D eigenvalue weighted by atomic mass is 35.5. The number of nitro benzene ring substituents is 1. The van der Waals surface area contributed by atoms with Crippen LogP contribution in [0.2, 0.25) is 5.02 Å². The minimum atomic E-state index is -0.834. The number of halogens is 1. The van der Waals surface area contributed by atoms with E-state index < -0.39 is 16.9 Å². The zero-order valence-electron chi connectivity index (χ0n) is 23.5. The topological polar surface area (TPSA) is 117 Å². The summed E-state index contributed by atoms with van der Waals surface area (Å²) < 4.78 is 13.3. The first-order valence-electron chi connectivity index (χ1n) is 13.6. The smallest absolute Gasteiger partial charge is 0.338 e. The quantitative estimate of drug-likeness (QED) is 0.123. The fourth-order valence-electron chi connectivity index (χ4n) is 5.19. The Morgan fingerprint density at radius 3 is 2.55 bits per heavy atom. The lowest BCUT2D eigenvalue weighted by molar-refractivity contribution is -0.385. The number of hydrogen-bond acceptors (Lipinski definition) is 8. The summed E-state index contributed by atoms with van der Waals surface area (Å²) in [7, 11) is 0. The number of nitrogens with zero attached hydrogens (tertiary/aromatic N) is 3. The van der Waals surface area contributed by atoms with Crippen molar-refractivity contribution in [3.05, 3.63) is 148 Å². The van der Waals surface area contributed by atoms with E-state index in [-0.39, 0.29) is 23.4 Å². The van der Waals surface area contributed by atoms with Crippen molar-refractivity contribution in [2.45, 2.75) is 19.9 Å². The lowest BCUT2D eigenvalue weighted by Gasteiger charge is -2.25. The molecule has 11 heteroatoms. The van der Waals surface area contributed by atoms with Crippen LogP contribution in [0.15, 0.2) is 105 Å². The van der Waals surface area contributed by atoms with Crippen molar-refractivity contribution in [2.75, 3.05) is 6.61 Å². The van der Waals surface area contributed by atoms with Crippen molar-refractivity contribution >= 4 is 46.4 Å². The Morgan fingerprint density at radius 2 is 1.84 bits per heavy atom. The van der Waals surface area contributed by atoms with Crippen LogP contribution in [-0.2, 0) is 9.53 Å². The Labute approximate surface area is 259 Å². The van der Waals surface area contributed by atoms with Gasteiger partial charge in [0, 0.05) is 33.9 Å². The van der Waals surface area contributed by atoms with Crippen molar-refractivity contribution in [3.63, 3.8) is 0 Å². The number of carbonyl (C=O) groups excluding carboxylic acids is 1. The van der Waals surface area contributed by atoms with E-state index in [1.165, 1.54) is 22.0 Å². The molecule has 1 aliphatic heterocycles. The van der Waals surface area contributed by atoms with Crippen LogP contribution in [0.1, 0.15) is 35.4 Å². The fourth-order valence-corrected chi connectivity index (χ4v) is 6.30. The monoisotopic (exact) mass is 625 g/mol. The summed E-state index contributed by atoms with van der Waals surface area (Å²) in [5, 5.41) is 11.9. The standard InChI is InChI=1S/C33H24ClN3O6S/c1-3-42-32(39)28-29(20-8-5-4-6-9-20)35-33-36(30(28)21-12-14-22(34)15-13-21)31(38)27(44-33)18-23-16-17-26(43-23)24-10-7-11-25(19(24)2)37(40)41/h4-18,30H,3H2,1-2H3/b27-18+. The summed E-state index contributed by atoms with van der Waals surface area (Å²) in [5.41, 5.74) is 2.69. The largest absolute Gasteiger partial charge is 0.463 e. The lowest BCUT2D eigenvalue weighted by Crippen LogP contribution is -2.39. The molecule has 0 saturated carbocycles. The molecule has 5 aromatic rings. The van der Waals surface area contributed by atoms with Crippen LogP contribution in [0, 0.1) is 17.0 Å². The maximum Gasteiger partial charge on any atom is 0.338 e. The number of furan rings is 1. The Kier molecular flexibility index (Phi) is 7.86. The summed E-state index contributed by atoms with van der Waals surface area (Å²) in [5.74, 6) is 0.236. The van der Waals surface area contributed by atoms with Gasteiger partial charge in [-0.3, -0.25) is 19.5 Å². The summed E-state index contributed by atoms with van der Waals surface area (Å²) >= 11 is 7.36. The number of benzene rings is 3. The molecule has 0 spiro atoms. The third kappa shape index (κ3) is 5.29. The van der Waals surface area contributed by atoms with E-state index in [0.29, 0.717) is 53.8 Å². The Bertz CT molecular complexity index is 2130. The molecule has 0 N–H and O–H groups in total. The van der Waals surface area contributed by atoms with Crippen LogP contribution in [0.25, 0.3) is 23.1 Å². The van der Waals surface area contributed by atoms with Crippen molar-refractivity contribution in [1.82, 2.24) is 4.57 Å². The average molecular weight is 626 g/mol. The molecule has 0 radical (unpaired) electrons. The van der Waals surface area contributed by atoms with Gasteiger partial charge in [0.2, 0.25) is 0 Å². The van der Waals surface area contributed by atoms with Gasteiger partial charge in [0.1, 0.15) is 11.5 Å². The Morgan fingerprint density at radius 1 is 1.09 bits per heavy atom. The van der Waals surface area contributed by atoms with E-state index in [9.17, 15) is 19.7 Å². The van der Waals surface area contributed by atoms with Gasteiger partial charge >= 0.3 is 5.97 Å². The van der Waals surface area contributed by atoms with Crippen molar-refractivity contribution in [3.8, 4) is 11.3 Å². The number of hydrogen-bond donors (Lipinski definition) is 0. The van der Waals surface area contributed by atoms with E-state index in [2.05, 4.69) is 0 Å². The number of rotatable bonds is 7.